The van der Waals surface area contributed by atoms with Gasteiger partial charge in [0.15, 0.2) is 0 Å². The second-order valence-electron chi connectivity index (χ2n) is 3.67. The SMILES string of the molecule is CN(C(=O)C(N)c1cccs1)C1CC1. The first-order valence-electron chi connectivity index (χ1n) is 4.76. The van der Waals surface area contributed by atoms with E-state index < -0.39 is 6.04 Å². The molecule has 0 bridgehead atoms. The van der Waals surface area contributed by atoms with Crippen LogP contribution in [-0.2, 0) is 4.79 Å². The molecular weight excluding hydrogens is 196 g/mol. The van der Waals surface area contributed by atoms with Crippen molar-refractivity contribution in [3.63, 3.8) is 0 Å². The van der Waals surface area contributed by atoms with Crippen LogP contribution in [0.2, 0.25) is 0 Å². The van der Waals surface area contributed by atoms with Gasteiger partial charge in [-0.15, -0.1) is 11.3 Å². The van der Waals surface area contributed by atoms with Crippen molar-refractivity contribution in [2.24, 2.45) is 5.73 Å². The summed E-state index contributed by atoms with van der Waals surface area (Å²) < 4.78 is 0. The maximum Gasteiger partial charge on any atom is 0.244 e. The van der Waals surface area contributed by atoms with E-state index in [2.05, 4.69) is 0 Å². The summed E-state index contributed by atoms with van der Waals surface area (Å²) in [5.41, 5.74) is 5.87. The summed E-state index contributed by atoms with van der Waals surface area (Å²) in [6, 6.07) is 3.80. The number of nitrogens with two attached hydrogens (primary N) is 1. The number of amides is 1. The lowest BCUT2D eigenvalue weighted by molar-refractivity contribution is -0.131. The molecule has 0 aromatic carbocycles. The van der Waals surface area contributed by atoms with E-state index in [-0.39, 0.29) is 5.91 Å². The Kier molecular flexibility index (Phi) is 2.56. The molecule has 3 nitrogen and oxygen atoms in total. The lowest BCUT2D eigenvalue weighted by Crippen LogP contribution is -2.36. The zero-order valence-electron chi connectivity index (χ0n) is 8.14. The number of hydrogen-bond acceptors (Lipinski definition) is 3. The molecule has 4 heteroatoms. The Morgan fingerprint density at radius 1 is 1.71 bits per heavy atom. The van der Waals surface area contributed by atoms with Gasteiger partial charge in [-0.2, -0.15) is 0 Å². The highest BCUT2D eigenvalue weighted by Gasteiger charge is 2.32. The molecule has 1 aliphatic carbocycles. The van der Waals surface area contributed by atoms with Gasteiger partial charge < -0.3 is 10.6 Å². The maximum absolute atomic E-state index is 11.8. The highest BCUT2D eigenvalue weighted by molar-refractivity contribution is 7.10. The van der Waals surface area contributed by atoms with Gasteiger partial charge >= 0.3 is 0 Å². The molecule has 1 fully saturated rings. The van der Waals surface area contributed by atoms with E-state index in [0.29, 0.717) is 6.04 Å². The molecular formula is C10H14N2OS. The smallest absolute Gasteiger partial charge is 0.244 e. The lowest BCUT2D eigenvalue weighted by Gasteiger charge is -2.19. The average Bonchev–Trinajstić information content (AvgIpc) is 2.90. The zero-order valence-corrected chi connectivity index (χ0v) is 8.96. The zero-order chi connectivity index (χ0) is 10.1. The summed E-state index contributed by atoms with van der Waals surface area (Å²) in [7, 11) is 1.84. The minimum atomic E-state index is -0.472. The third kappa shape index (κ3) is 1.81. The van der Waals surface area contributed by atoms with Crippen LogP contribution in [0.3, 0.4) is 0 Å². The van der Waals surface area contributed by atoms with Crippen LogP contribution in [0.1, 0.15) is 23.8 Å². The molecule has 0 aliphatic heterocycles. The Hall–Kier alpha value is -0.870. The molecule has 2 rings (SSSR count). The molecule has 0 radical (unpaired) electrons. The maximum atomic E-state index is 11.8. The number of hydrogen-bond donors (Lipinski definition) is 1. The second-order valence-corrected chi connectivity index (χ2v) is 4.65. The van der Waals surface area contributed by atoms with Crippen molar-refractivity contribution in [2.45, 2.75) is 24.9 Å². The first-order valence-corrected chi connectivity index (χ1v) is 5.64. The van der Waals surface area contributed by atoms with Crippen LogP contribution in [-0.4, -0.2) is 23.9 Å². The molecule has 1 heterocycles. The Bertz CT molecular complexity index is 319. The highest BCUT2D eigenvalue weighted by atomic mass is 32.1. The summed E-state index contributed by atoms with van der Waals surface area (Å²) in [6.07, 6.45) is 2.25. The van der Waals surface area contributed by atoms with Crippen molar-refractivity contribution < 1.29 is 4.79 Å². The van der Waals surface area contributed by atoms with Crippen molar-refractivity contribution in [1.82, 2.24) is 4.90 Å². The van der Waals surface area contributed by atoms with Gasteiger partial charge in [0, 0.05) is 18.0 Å². The first kappa shape index (κ1) is 9.68. The Morgan fingerprint density at radius 3 is 2.93 bits per heavy atom. The molecule has 1 atom stereocenters. The Labute approximate surface area is 87.5 Å². The Balaban J connectivity index is 2.03. The molecule has 1 aromatic rings. The topological polar surface area (TPSA) is 46.3 Å². The van der Waals surface area contributed by atoms with E-state index in [9.17, 15) is 4.79 Å². The number of carbonyl (C=O) groups excluding carboxylic acids is 1. The summed E-state index contributed by atoms with van der Waals surface area (Å²) in [5.74, 6) is 0.0370. The largest absolute Gasteiger partial charge is 0.341 e. The van der Waals surface area contributed by atoms with Crippen LogP contribution in [0, 0.1) is 0 Å². The van der Waals surface area contributed by atoms with Crippen LogP contribution in [0.5, 0.6) is 0 Å². The predicted octanol–water partition coefficient (Wildman–Crippen LogP) is 1.37. The number of nitrogens with zero attached hydrogens (tertiary/aromatic N) is 1. The lowest BCUT2D eigenvalue weighted by atomic mass is 10.2. The molecule has 1 saturated carbocycles. The molecule has 1 aliphatic rings. The summed E-state index contributed by atoms with van der Waals surface area (Å²) in [6.45, 7) is 0. The fraction of sp³-hybridized carbons (Fsp3) is 0.500. The van der Waals surface area contributed by atoms with Crippen LogP contribution < -0.4 is 5.73 Å². The summed E-state index contributed by atoms with van der Waals surface area (Å²) >= 11 is 1.54. The molecule has 0 saturated heterocycles. The first-order chi connectivity index (χ1) is 6.70. The molecule has 2 N–H and O–H groups in total. The van der Waals surface area contributed by atoms with E-state index in [1.807, 2.05) is 24.6 Å². The van der Waals surface area contributed by atoms with E-state index in [0.717, 1.165) is 17.7 Å². The van der Waals surface area contributed by atoms with Gasteiger partial charge in [-0.05, 0) is 24.3 Å². The van der Waals surface area contributed by atoms with Crippen molar-refractivity contribution >= 4 is 17.2 Å². The molecule has 14 heavy (non-hydrogen) atoms. The number of thiophene rings is 1. The van der Waals surface area contributed by atoms with Gasteiger partial charge in [0.05, 0.1) is 0 Å². The number of carbonyl (C=O) groups is 1. The molecule has 1 unspecified atom stereocenters. The fourth-order valence-corrected chi connectivity index (χ4v) is 2.17. The van der Waals surface area contributed by atoms with Crippen molar-refractivity contribution in [3.05, 3.63) is 22.4 Å². The van der Waals surface area contributed by atoms with Gasteiger partial charge in [-0.25, -0.2) is 0 Å². The minimum Gasteiger partial charge on any atom is -0.341 e. The highest BCUT2D eigenvalue weighted by Crippen LogP contribution is 2.28. The fourth-order valence-electron chi connectivity index (χ4n) is 1.45. The van der Waals surface area contributed by atoms with Crippen molar-refractivity contribution in [3.8, 4) is 0 Å². The standard InChI is InChI=1S/C10H14N2OS/c1-12(7-4-5-7)10(13)9(11)8-3-2-6-14-8/h2-3,6-7,9H,4-5,11H2,1H3. The quantitative estimate of drug-likeness (QED) is 0.819. The van der Waals surface area contributed by atoms with Crippen molar-refractivity contribution in [1.29, 1.82) is 0 Å². The normalized spacial score (nSPS) is 17.9. The van der Waals surface area contributed by atoms with E-state index >= 15 is 0 Å². The van der Waals surface area contributed by atoms with Gasteiger partial charge in [0.2, 0.25) is 5.91 Å². The van der Waals surface area contributed by atoms with Crippen molar-refractivity contribution in [2.75, 3.05) is 7.05 Å². The predicted molar refractivity (Wildman–Crippen MR) is 57.0 cm³/mol. The monoisotopic (exact) mass is 210 g/mol. The van der Waals surface area contributed by atoms with Gasteiger partial charge in [0.25, 0.3) is 0 Å². The van der Waals surface area contributed by atoms with Crippen LogP contribution in [0.4, 0.5) is 0 Å². The molecule has 0 spiro atoms. The molecule has 1 amide bonds. The second kappa shape index (κ2) is 3.71. The Morgan fingerprint density at radius 2 is 2.43 bits per heavy atom. The third-order valence-electron chi connectivity index (χ3n) is 2.56. The van der Waals surface area contributed by atoms with Gasteiger partial charge in [-0.1, -0.05) is 6.07 Å². The van der Waals surface area contributed by atoms with Crippen LogP contribution in [0.25, 0.3) is 0 Å². The molecule has 1 aromatic heterocycles. The summed E-state index contributed by atoms with van der Waals surface area (Å²) in [4.78, 5) is 14.6. The summed E-state index contributed by atoms with van der Waals surface area (Å²) in [5, 5.41) is 1.94. The van der Waals surface area contributed by atoms with E-state index in [1.165, 1.54) is 11.3 Å². The van der Waals surface area contributed by atoms with Crippen LogP contribution >= 0.6 is 11.3 Å². The van der Waals surface area contributed by atoms with Crippen LogP contribution in [0.15, 0.2) is 17.5 Å². The third-order valence-corrected chi connectivity index (χ3v) is 3.51. The molecule has 76 valence electrons. The number of rotatable bonds is 3. The average molecular weight is 210 g/mol. The van der Waals surface area contributed by atoms with Gasteiger partial charge in [0.1, 0.15) is 6.04 Å². The van der Waals surface area contributed by atoms with E-state index in [1.54, 1.807) is 4.90 Å². The number of likely N-dealkylation sites (N-methyl/N-ethyl adjacent to an activating group) is 1. The van der Waals surface area contributed by atoms with Gasteiger partial charge in [-0.3, -0.25) is 4.79 Å². The minimum absolute atomic E-state index is 0.0370. The van der Waals surface area contributed by atoms with E-state index in [4.69, 9.17) is 5.73 Å².